The maximum absolute atomic E-state index is 11.3. The van der Waals surface area contributed by atoms with Gasteiger partial charge in [-0.15, -0.1) is 0 Å². The van der Waals surface area contributed by atoms with Crippen molar-refractivity contribution in [1.82, 2.24) is 4.98 Å². The summed E-state index contributed by atoms with van der Waals surface area (Å²) in [4.78, 5) is 4.85. The number of rotatable bonds is 7. The predicted molar refractivity (Wildman–Crippen MR) is 154 cm³/mol. The van der Waals surface area contributed by atoms with Crippen LogP contribution < -0.4 is 0 Å². The van der Waals surface area contributed by atoms with Crippen molar-refractivity contribution in [2.24, 2.45) is 23.2 Å². The van der Waals surface area contributed by atoms with E-state index in [-0.39, 0.29) is 10.8 Å². The third-order valence-corrected chi connectivity index (χ3v) is 10.6. The highest BCUT2D eigenvalue weighted by atomic mass is 16.3. The van der Waals surface area contributed by atoms with Crippen LogP contribution in [-0.4, -0.2) is 38.6 Å². The van der Waals surface area contributed by atoms with Gasteiger partial charge in [-0.2, -0.15) is 0 Å². The highest BCUT2D eigenvalue weighted by Crippen LogP contribution is 2.59. The summed E-state index contributed by atoms with van der Waals surface area (Å²) in [5.74, 6) is 1.57. The summed E-state index contributed by atoms with van der Waals surface area (Å²) in [5.41, 5.74) is 5.47. The van der Waals surface area contributed by atoms with Gasteiger partial charge in [-0.25, -0.2) is 0 Å². The van der Waals surface area contributed by atoms with Crippen molar-refractivity contribution in [3.63, 3.8) is 0 Å². The van der Waals surface area contributed by atoms with E-state index < -0.39 is 18.3 Å². The molecule has 4 fully saturated rings. The van der Waals surface area contributed by atoms with Gasteiger partial charge in [-0.05, 0) is 104 Å². The Hall–Kier alpha value is -2.01. The van der Waals surface area contributed by atoms with Crippen LogP contribution in [0.25, 0.3) is 0 Å². The van der Waals surface area contributed by atoms with Crippen molar-refractivity contribution >= 4 is 0 Å². The van der Waals surface area contributed by atoms with E-state index in [0.717, 1.165) is 48.2 Å². The Morgan fingerprint density at radius 1 is 1.13 bits per heavy atom. The molecule has 7 atom stereocenters. The number of aliphatic hydroxyl groups is 3. The zero-order valence-electron chi connectivity index (χ0n) is 23.6. The third-order valence-electron chi connectivity index (χ3n) is 10.6. The highest BCUT2D eigenvalue weighted by Gasteiger charge is 2.52. The fourth-order valence-corrected chi connectivity index (χ4v) is 8.00. The van der Waals surface area contributed by atoms with E-state index in [1.807, 2.05) is 0 Å². The standard InChI is InChI=1S/C34H47NO3/c1-5-26-9-6-10-31(35-26)34(18-19-34)32(38)16-11-22(2)28-14-15-29-24(8-7-17-33(28,29)4)12-13-25-20-27(36)21-30(37)23(25)3/h6,9-13,16,22,27-30,32,36-38H,3,5,7-8,14-15,17-21H2,1-2,4H3/t22-,27-,28-,29+,30+,32-,33-/m1/s1. The predicted octanol–water partition coefficient (Wildman–Crippen LogP) is 6.37. The minimum atomic E-state index is -0.639. The van der Waals surface area contributed by atoms with Crippen LogP contribution in [0.1, 0.15) is 89.9 Å². The molecule has 38 heavy (non-hydrogen) atoms. The normalized spacial score (nSPS) is 36.5. The van der Waals surface area contributed by atoms with E-state index in [4.69, 9.17) is 4.98 Å². The molecule has 206 valence electrons. The Balaban J connectivity index is 1.29. The monoisotopic (exact) mass is 517 g/mol. The molecule has 0 spiro atoms. The largest absolute Gasteiger partial charge is 0.393 e. The molecule has 1 aromatic heterocycles. The molecular formula is C34H47NO3. The van der Waals surface area contributed by atoms with Gasteiger partial charge >= 0.3 is 0 Å². The number of aryl methyl sites for hydroxylation is 1. The molecule has 5 rings (SSSR count). The summed E-state index contributed by atoms with van der Waals surface area (Å²) in [7, 11) is 0. The van der Waals surface area contributed by atoms with Crippen LogP contribution in [0.5, 0.6) is 0 Å². The van der Waals surface area contributed by atoms with Crippen LogP contribution in [0, 0.1) is 23.2 Å². The second-order valence-corrected chi connectivity index (χ2v) is 12.9. The second kappa shape index (κ2) is 10.9. The van der Waals surface area contributed by atoms with Gasteiger partial charge in [-0.3, -0.25) is 4.98 Å². The first-order valence-corrected chi connectivity index (χ1v) is 15.0. The smallest absolute Gasteiger partial charge is 0.0832 e. The Morgan fingerprint density at radius 3 is 2.66 bits per heavy atom. The molecule has 1 heterocycles. The molecule has 4 saturated carbocycles. The molecule has 0 bridgehead atoms. The zero-order valence-corrected chi connectivity index (χ0v) is 23.6. The van der Waals surface area contributed by atoms with Crippen molar-refractivity contribution in [2.75, 3.05) is 0 Å². The lowest BCUT2D eigenvalue weighted by atomic mass is 9.61. The van der Waals surface area contributed by atoms with Crippen molar-refractivity contribution in [2.45, 2.75) is 109 Å². The Bertz CT molecular complexity index is 1130. The zero-order chi connectivity index (χ0) is 27.1. The molecule has 0 radical (unpaired) electrons. The van der Waals surface area contributed by atoms with Crippen LogP contribution in [0.4, 0.5) is 0 Å². The van der Waals surface area contributed by atoms with Gasteiger partial charge in [0.25, 0.3) is 0 Å². The summed E-state index contributed by atoms with van der Waals surface area (Å²) in [6, 6.07) is 6.24. The number of aromatic nitrogens is 1. The van der Waals surface area contributed by atoms with Gasteiger partial charge < -0.3 is 15.3 Å². The Labute approximate surface area is 229 Å². The van der Waals surface area contributed by atoms with Gasteiger partial charge in [0, 0.05) is 23.2 Å². The van der Waals surface area contributed by atoms with E-state index >= 15 is 0 Å². The van der Waals surface area contributed by atoms with E-state index in [0.29, 0.717) is 30.6 Å². The number of hydrogen-bond donors (Lipinski definition) is 3. The van der Waals surface area contributed by atoms with Crippen molar-refractivity contribution < 1.29 is 15.3 Å². The minimum Gasteiger partial charge on any atom is -0.393 e. The average Bonchev–Trinajstić information content (AvgIpc) is 3.64. The third kappa shape index (κ3) is 5.12. The lowest BCUT2D eigenvalue weighted by Gasteiger charge is -2.44. The first-order chi connectivity index (χ1) is 18.2. The van der Waals surface area contributed by atoms with E-state index in [1.165, 1.54) is 31.3 Å². The Morgan fingerprint density at radius 2 is 1.92 bits per heavy atom. The van der Waals surface area contributed by atoms with Crippen LogP contribution in [0.3, 0.4) is 0 Å². The molecule has 0 unspecified atom stereocenters. The molecule has 4 heteroatoms. The molecule has 3 N–H and O–H groups in total. The molecule has 0 aliphatic heterocycles. The molecule has 0 saturated heterocycles. The summed E-state index contributed by atoms with van der Waals surface area (Å²) in [5, 5.41) is 31.6. The SMILES string of the molecule is C=C1C(=CC=C2CCC[C@]3(C)[C@@H]([C@H](C)C=C[C@@H](O)C4(c5cccc(CC)n5)CC4)CC[C@@H]23)C[C@@H](O)C[C@@H]1O. The molecule has 1 aromatic rings. The fraction of sp³-hybridized carbons (Fsp3) is 0.618. The number of hydrogen-bond acceptors (Lipinski definition) is 4. The number of fused-ring (bicyclic) bond motifs is 1. The average molecular weight is 518 g/mol. The van der Waals surface area contributed by atoms with Gasteiger partial charge in [0.05, 0.1) is 18.3 Å². The van der Waals surface area contributed by atoms with Gasteiger partial charge in [0.2, 0.25) is 0 Å². The molecule has 4 aliphatic carbocycles. The molecule has 0 aromatic carbocycles. The van der Waals surface area contributed by atoms with Gasteiger partial charge in [0.15, 0.2) is 0 Å². The van der Waals surface area contributed by atoms with Crippen molar-refractivity contribution in [1.29, 1.82) is 0 Å². The highest BCUT2D eigenvalue weighted by molar-refractivity contribution is 5.39. The quantitative estimate of drug-likeness (QED) is 0.368. The molecular weight excluding hydrogens is 470 g/mol. The van der Waals surface area contributed by atoms with E-state index in [2.05, 4.69) is 69.9 Å². The van der Waals surface area contributed by atoms with Crippen LogP contribution in [0.2, 0.25) is 0 Å². The summed E-state index contributed by atoms with van der Waals surface area (Å²) in [6.07, 6.45) is 17.0. The topological polar surface area (TPSA) is 73.6 Å². The molecule has 4 aliphatic rings. The van der Waals surface area contributed by atoms with E-state index in [9.17, 15) is 15.3 Å². The molecule has 4 nitrogen and oxygen atoms in total. The fourth-order valence-electron chi connectivity index (χ4n) is 8.00. The van der Waals surface area contributed by atoms with Crippen molar-refractivity contribution in [3.8, 4) is 0 Å². The molecule has 0 amide bonds. The van der Waals surface area contributed by atoms with E-state index in [1.54, 1.807) is 0 Å². The summed E-state index contributed by atoms with van der Waals surface area (Å²) < 4.78 is 0. The summed E-state index contributed by atoms with van der Waals surface area (Å²) >= 11 is 0. The maximum Gasteiger partial charge on any atom is 0.0832 e. The first-order valence-electron chi connectivity index (χ1n) is 15.0. The minimum absolute atomic E-state index is 0.206. The number of pyridine rings is 1. The lowest BCUT2D eigenvalue weighted by molar-refractivity contribution is 0.0862. The lowest BCUT2D eigenvalue weighted by Crippen LogP contribution is -2.35. The number of nitrogens with zero attached hydrogens (tertiary/aromatic N) is 1. The van der Waals surface area contributed by atoms with Crippen LogP contribution >= 0.6 is 0 Å². The first kappa shape index (κ1) is 27.6. The van der Waals surface area contributed by atoms with Gasteiger partial charge in [0.1, 0.15) is 0 Å². The van der Waals surface area contributed by atoms with Crippen LogP contribution in [0.15, 0.2) is 65.8 Å². The second-order valence-electron chi connectivity index (χ2n) is 12.9. The number of aliphatic hydroxyl groups excluding tert-OH is 3. The van der Waals surface area contributed by atoms with Gasteiger partial charge in [-0.1, -0.05) is 63.3 Å². The summed E-state index contributed by atoms with van der Waals surface area (Å²) in [6.45, 7) is 11.0. The number of allylic oxidation sites excluding steroid dienone is 4. The van der Waals surface area contributed by atoms with Crippen LogP contribution in [-0.2, 0) is 11.8 Å². The Kier molecular flexibility index (Phi) is 7.88. The van der Waals surface area contributed by atoms with Crippen molar-refractivity contribution in [3.05, 3.63) is 77.2 Å². The maximum atomic E-state index is 11.3.